The summed E-state index contributed by atoms with van der Waals surface area (Å²) < 4.78 is 0. The molecular weight excluding hydrogens is 182 g/mol. The summed E-state index contributed by atoms with van der Waals surface area (Å²) in [4.78, 5) is 11.5. The van der Waals surface area contributed by atoms with E-state index in [9.17, 15) is 4.79 Å². The van der Waals surface area contributed by atoms with Gasteiger partial charge in [0.1, 0.15) is 0 Å². The van der Waals surface area contributed by atoms with Gasteiger partial charge in [-0.3, -0.25) is 4.79 Å². The van der Waals surface area contributed by atoms with E-state index in [1.807, 2.05) is 22.9 Å². The summed E-state index contributed by atoms with van der Waals surface area (Å²) in [6, 6.07) is 1.91. The van der Waals surface area contributed by atoms with E-state index < -0.39 is 0 Å². The van der Waals surface area contributed by atoms with Crippen molar-refractivity contribution in [3.05, 3.63) is 28.5 Å². The van der Waals surface area contributed by atoms with Crippen LogP contribution in [-0.2, 0) is 4.79 Å². The molecule has 0 atom stereocenters. The first-order valence-corrected chi connectivity index (χ1v) is 5.33. The molecule has 0 unspecified atom stereocenters. The molecule has 0 radical (unpaired) electrons. The molecule has 13 heavy (non-hydrogen) atoms. The largest absolute Gasteiger partial charge is 0.322 e. The van der Waals surface area contributed by atoms with Crippen molar-refractivity contribution in [2.45, 2.75) is 19.3 Å². The molecule has 1 amide bonds. The van der Waals surface area contributed by atoms with E-state index in [1.165, 1.54) is 0 Å². The lowest BCUT2D eigenvalue weighted by Gasteiger charge is -2.02. The molecule has 0 spiro atoms. The van der Waals surface area contributed by atoms with Crippen LogP contribution >= 0.6 is 11.3 Å². The third-order valence-corrected chi connectivity index (χ3v) is 2.79. The topological polar surface area (TPSA) is 29.1 Å². The van der Waals surface area contributed by atoms with Crippen molar-refractivity contribution < 1.29 is 4.79 Å². The highest BCUT2D eigenvalue weighted by atomic mass is 32.1. The Balaban J connectivity index is 1.99. The van der Waals surface area contributed by atoms with Crippen LogP contribution < -0.4 is 5.32 Å². The van der Waals surface area contributed by atoms with Gasteiger partial charge in [0.2, 0.25) is 0 Å². The Morgan fingerprint density at radius 3 is 3.08 bits per heavy atom. The van der Waals surface area contributed by atoms with Gasteiger partial charge in [-0.25, -0.2) is 0 Å². The first kappa shape index (κ1) is 8.51. The highest BCUT2D eigenvalue weighted by molar-refractivity contribution is 7.08. The van der Waals surface area contributed by atoms with E-state index in [0.717, 1.165) is 30.5 Å². The SMILES string of the molecule is O=C(Nc1ccsc1)C1=CCCC1. The normalized spacial score (nSPS) is 15.5. The van der Waals surface area contributed by atoms with Gasteiger partial charge in [-0.05, 0) is 30.7 Å². The second kappa shape index (κ2) is 3.75. The number of anilines is 1. The Hall–Kier alpha value is -1.09. The molecule has 0 fully saturated rings. The van der Waals surface area contributed by atoms with Crippen LogP contribution in [0.5, 0.6) is 0 Å². The smallest absolute Gasteiger partial charge is 0.251 e. The van der Waals surface area contributed by atoms with Gasteiger partial charge in [0.15, 0.2) is 0 Å². The lowest BCUT2D eigenvalue weighted by Crippen LogP contribution is -2.12. The molecule has 1 heterocycles. The van der Waals surface area contributed by atoms with Crippen LogP contribution in [0.1, 0.15) is 19.3 Å². The lowest BCUT2D eigenvalue weighted by molar-refractivity contribution is -0.112. The van der Waals surface area contributed by atoms with Gasteiger partial charge in [-0.15, -0.1) is 0 Å². The monoisotopic (exact) mass is 193 g/mol. The average Bonchev–Trinajstić information content (AvgIpc) is 2.74. The highest BCUT2D eigenvalue weighted by Crippen LogP contribution is 2.20. The number of hydrogen-bond acceptors (Lipinski definition) is 2. The van der Waals surface area contributed by atoms with Crippen LogP contribution in [0.15, 0.2) is 28.5 Å². The standard InChI is InChI=1S/C10H11NOS/c12-10(8-3-1-2-4-8)11-9-5-6-13-7-9/h3,5-7H,1-2,4H2,(H,11,12). The van der Waals surface area contributed by atoms with Crippen molar-refractivity contribution in [3.63, 3.8) is 0 Å². The minimum Gasteiger partial charge on any atom is -0.322 e. The molecule has 68 valence electrons. The number of nitrogens with one attached hydrogen (secondary N) is 1. The number of carbonyl (C=O) groups is 1. The Labute approximate surface area is 81.3 Å². The van der Waals surface area contributed by atoms with E-state index in [2.05, 4.69) is 5.32 Å². The zero-order valence-corrected chi connectivity index (χ0v) is 8.06. The minimum atomic E-state index is 0.0656. The first-order valence-electron chi connectivity index (χ1n) is 4.39. The third-order valence-electron chi connectivity index (χ3n) is 2.11. The molecule has 2 rings (SSSR count). The van der Waals surface area contributed by atoms with Gasteiger partial charge in [0, 0.05) is 11.0 Å². The van der Waals surface area contributed by atoms with Crippen LogP contribution in [-0.4, -0.2) is 5.91 Å². The molecule has 1 aromatic heterocycles. The molecule has 1 N–H and O–H groups in total. The third kappa shape index (κ3) is 1.98. The van der Waals surface area contributed by atoms with Crippen LogP contribution in [0.2, 0.25) is 0 Å². The van der Waals surface area contributed by atoms with Crippen molar-refractivity contribution in [2.75, 3.05) is 5.32 Å². The van der Waals surface area contributed by atoms with Crippen LogP contribution in [0.25, 0.3) is 0 Å². The molecule has 1 aliphatic rings. The zero-order chi connectivity index (χ0) is 9.10. The summed E-state index contributed by atoms with van der Waals surface area (Å²) in [5.41, 5.74) is 1.84. The highest BCUT2D eigenvalue weighted by Gasteiger charge is 2.12. The van der Waals surface area contributed by atoms with Crippen LogP contribution in [0, 0.1) is 0 Å². The second-order valence-electron chi connectivity index (χ2n) is 3.09. The molecule has 1 aromatic rings. The molecule has 0 saturated heterocycles. The number of hydrogen-bond donors (Lipinski definition) is 1. The summed E-state index contributed by atoms with van der Waals surface area (Å²) in [5, 5.41) is 6.76. The molecule has 2 nitrogen and oxygen atoms in total. The maximum atomic E-state index is 11.5. The second-order valence-corrected chi connectivity index (χ2v) is 3.87. The predicted octanol–water partition coefficient (Wildman–Crippen LogP) is 2.80. The maximum absolute atomic E-state index is 11.5. The molecule has 3 heteroatoms. The van der Waals surface area contributed by atoms with Crippen molar-refractivity contribution in [3.8, 4) is 0 Å². The van der Waals surface area contributed by atoms with E-state index in [0.29, 0.717) is 0 Å². The maximum Gasteiger partial charge on any atom is 0.251 e. The summed E-state index contributed by atoms with van der Waals surface area (Å²) >= 11 is 1.59. The predicted molar refractivity (Wildman–Crippen MR) is 54.9 cm³/mol. The fourth-order valence-corrected chi connectivity index (χ4v) is 2.01. The average molecular weight is 193 g/mol. The summed E-state index contributed by atoms with van der Waals surface area (Å²) in [6.45, 7) is 0. The summed E-state index contributed by atoms with van der Waals surface area (Å²) in [6.07, 6.45) is 5.12. The fourth-order valence-electron chi connectivity index (χ4n) is 1.42. The van der Waals surface area contributed by atoms with Crippen molar-refractivity contribution in [1.82, 2.24) is 0 Å². The first-order chi connectivity index (χ1) is 6.36. The van der Waals surface area contributed by atoms with E-state index in [1.54, 1.807) is 11.3 Å². The van der Waals surface area contributed by atoms with Gasteiger partial charge in [0.05, 0.1) is 5.69 Å². The van der Waals surface area contributed by atoms with E-state index >= 15 is 0 Å². The Bertz CT molecular complexity index is 327. The van der Waals surface area contributed by atoms with Crippen LogP contribution in [0.3, 0.4) is 0 Å². The molecule has 1 aliphatic carbocycles. The quantitative estimate of drug-likeness (QED) is 0.768. The molecule has 0 bridgehead atoms. The number of allylic oxidation sites excluding steroid dienone is 1. The van der Waals surface area contributed by atoms with Gasteiger partial charge < -0.3 is 5.32 Å². The summed E-state index contributed by atoms with van der Waals surface area (Å²) in [5.74, 6) is 0.0656. The Kier molecular flexibility index (Phi) is 2.45. The minimum absolute atomic E-state index is 0.0656. The van der Waals surface area contributed by atoms with Gasteiger partial charge >= 0.3 is 0 Å². The van der Waals surface area contributed by atoms with Crippen LogP contribution in [0.4, 0.5) is 5.69 Å². The Morgan fingerprint density at radius 1 is 1.54 bits per heavy atom. The van der Waals surface area contributed by atoms with Crippen molar-refractivity contribution >= 4 is 22.9 Å². The number of rotatable bonds is 2. The zero-order valence-electron chi connectivity index (χ0n) is 7.25. The molecule has 0 saturated carbocycles. The molecule has 0 aromatic carbocycles. The van der Waals surface area contributed by atoms with Gasteiger partial charge in [0.25, 0.3) is 5.91 Å². The van der Waals surface area contributed by atoms with Gasteiger partial charge in [-0.2, -0.15) is 11.3 Å². The van der Waals surface area contributed by atoms with E-state index in [4.69, 9.17) is 0 Å². The Morgan fingerprint density at radius 2 is 2.46 bits per heavy atom. The van der Waals surface area contributed by atoms with Crippen molar-refractivity contribution in [2.24, 2.45) is 0 Å². The van der Waals surface area contributed by atoms with E-state index in [-0.39, 0.29) is 5.91 Å². The number of thiophene rings is 1. The summed E-state index contributed by atoms with van der Waals surface area (Å²) in [7, 11) is 0. The fraction of sp³-hybridized carbons (Fsp3) is 0.300. The number of amides is 1. The number of carbonyl (C=O) groups excluding carboxylic acids is 1. The molecular formula is C10H11NOS. The van der Waals surface area contributed by atoms with Crippen molar-refractivity contribution in [1.29, 1.82) is 0 Å². The van der Waals surface area contributed by atoms with Gasteiger partial charge in [-0.1, -0.05) is 6.08 Å². The molecule has 0 aliphatic heterocycles. The lowest BCUT2D eigenvalue weighted by atomic mass is 10.2.